The molecule has 3 heteroatoms. The van der Waals surface area contributed by atoms with E-state index in [0.717, 1.165) is 4.47 Å². The van der Waals surface area contributed by atoms with Gasteiger partial charge in [0, 0.05) is 0 Å². The molecule has 0 fully saturated rings. The van der Waals surface area contributed by atoms with Crippen LogP contribution in [0.4, 0.5) is 0 Å². The Balaban J connectivity index is 1.96. The second kappa shape index (κ2) is 5.88. The first-order chi connectivity index (χ1) is 7.34. The van der Waals surface area contributed by atoms with Gasteiger partial charge in [-0.15, -0.1) is 0 Å². The van der Waals surface area contributed by atoms with Gasteiger partial charge in [0.25, 0.3) is 0 Å². The van der Waals surface area contributed by atoms with E-state index in [4.69, 9.17) is 0 Å². The third-order valence-corrected chi connectivity index (χ3v) is 9.55. The first-order valence-corrected chi connectivity index (χ1v) is 11.3. The molecule has 0 N–H and O–H groups in total. The van der Waals surface area contributed by atoms with Crippen LogP contribution < -0.4 is 8.92 Å². The fraction of sp³-hybridized carbons (Fsp3) is 0. The zero-order valence-electron chi connectivity index (χ0n) is 7.89. The summed E-state index contributed by atoms with van der Waals surface area (Å²) in [5.41, 5.74) is 0. The summed E-state index contributed by atoms with van der Waals surface area (Å²) in [6, 6.07) is 19.4. The Hall–Kier alpha value is -0.0410. The first kappa shape index (κ1) is 11.4. The summed E-state index contributed by atoms with van der Waals surface area (Å²) >= 11 is 4.67. The van der Waals surface area contributed by atoms with E-state index in [1.165, 1.54) is 8.92 Å². The van der Waals surface area contributed by atoms with Crippen LogP contribution in [0.25, 0.3) is 0 Å². The predicted molar refractivity (Wildman–Crippen MR) is 71.4 cm³/mol. The summed E-state index contributed by atoms with van der Waals surface area (Å²) in [6.45, 7) is 0. The Morgan fingerprint density at radius 2 is 1.20 bits per heavy atom. The van der Waals surface area contributed by atoms with Gasteiger partial charge >= 0.3 is 110 Å². The quantitative estimate of drug-likeness (QED) is 0.700. The molecular formula is C12H9BrSe2. The monoisotopic (exact) mass is 392 g/mol. The van der Waals surface area contributed by atoms with Crippen LogP contribution in [0.2, 0.25) is 0 Å². The molecule has 0 bridgehead atoms. The van der Waals surface area contributed by atoms with E-state index in [2.05, 4.69) is 70.5 Å². The number of rotatable bonds is 3. The summed E-state index contributed by atoms with van der Waals surface area (Å²) in [5, 5.41) is 0. The second-order valence-corrected chi connectivity index (χ2v) is 10.2. The molecule has 2 rings (SSSR count). The second-order valence-electron chi connectivity index (χ2n) is 2.93. The van der Waals surface area contributed by atoms with Crippen LogP contribution >= 0.6 is 15.9 Å². The molecule has 0 heterocycles. The molecule has 2 aromatic carbocycles. The van der Waals surface area contributed by atoms with Gasteiger partial charge in [-0.3, -0.25) is 0 Å². The summed E-state index contributed by atoms with van der Waals surface area (Å²) in [7, 11) is 0. The Bertz CT molecular complexity index is 411. The standard InChI is InChI=1S/C12H9BrSe2/c13-10-6-8-12(9-7-10)15-14-11-4-2-1-3-5-11/h1-9H. The van der Waals surface area contributed by atoms with E-state index in [1.807, 2.05) is 0 Å². The molecule has 15 heavy (non-hydrogen) atoms. The van der Waals surface area contributed by atoms with Crippen molar-refractivity contribution < 1.29 is 0 Å². The van der Waals surface area contributed by atoms with E-state index < -0.39 is 0 Å². The minimum absolute atomic E-state index is 0.606. The van der Waals surface area contributed by atoms with Gasteiger partial charge in [0.1, 0.15) is 0 Å². The van der Waals surface area contributed by atoms with Crippen molar-refractivity contribution in [2.24, 2.45) is 0 Å². The van der Waals surface area contributed by atoms with E-state index in [1.54, 1.807) is 0 Å². The van der Waals surface area contributed by atoms with Crippen molar-refractivity contribution in [2.45, 2.75) is 0 Å². The van der Waals surface area contributed by atoms with Crippen LogP contribution in [-0.4, -0.2) is 26.3 Å². The fourth-order valence-corrected chi connectivity index (χ4v) is 7.33. The van der Waals surface area contributed by atoms with Gasteiger partial charge in [-0.05, 0) is 0 Å². The zero-order chi connectivity index (χ0) is 10.5. The third-order valence-electron chi connectivity index (χ3n) is 1.79. The molecule has 2 aromatic rings. The summed E-state index contributed by atoms with van der Waals surface area (Å²) in [6.07, 6.45) is 0. The average molecular weight is 391 g/mol. The molecule has 0 saturated heterocycles. The summed E-state index contributed by atoms with van der Waals surface area (Å²) < 4.78 is 4.14. The maximum absolute atomic E-state index is 3.45. The summed E-state index contributed by atoms with van der Waals surface area (Å²) in [4.78, 5) is 0. The molecule has 0 saturated carbocycles. The SMILES string of the molecule is Brc1ccc([Se][Se]c2ccccc2)cc1. The molecule has 0 spiro atoms. The van der Waals surface area contributed by atoms with Gasteiger partial charge < -0.3 is 0 Å². The predicted octanol–water partition coefficient (Wildman–Crippen LogP) is 1.72. The van der Waals surface area contributed by atoms with Gasteiger partial charge in [0.2, 0.25) is 0 Å². The molecule has 0 amide bonds. The van der Waals surface area contributed by atoms with Crippen LogP contribution in [0.5, 0.6) is 0 Å². The van der Waals surface area contributed by atoms with E-state index >= 15 is 0 Å². The maximum atomic E-state index is 3.45. The Kier molecular flexibility index (Phi) is 4.49. The molecule has 0 atom stereocenters. The normalized spacial score (nSPS) is 10.2. The molecule has 0 radical (unpaired) electrons. The van der Waals surface area contributed by atoms with Crippen molar-refractivity contribution in [1.29, 1.82) is 0 Å². The number of hydrogen-bond donors (Lipinski definition) is 0. The fourth-order valence-electron chi connectivity index (χ4n) is 1.06. The van der Waals surface area contributed by atoms with Crippen LogP contribution in [0.3, 0.4) is 0 Å². The Morgan fingerprint density at radius 3 is 1.80 bits per heavy atom. The van der Waals surface area contributed by atoms with Crippen molar-refractivity contribution in [3.8, 4) is 0 Å². The van der Waals surface area contributed by atoms with Crippen molar-refractivity contribution >= 4 is 51.1 Å². The topological polar surface area (TPSA) is 0 Å². The van der Waals surface area contributed by atoms with Gasteiger partial charge in [0.05, 0.1) is 0 Å². The molecule has 0 aliphatic rings. The van der Waals surface area contributed by atoms with E-state index in [0.29, 0.717) is 26.3 Å². The van der Waals surface area contributed by atoms with Crippen LogP contribution in [0.15, 0.2) is 59.1 Å². The Labute approximate surface area is 109 Å². The molecular weight excluding hydrogens is 382 g/mol. The van der Waals surface area contributed by atoms with Gasteiger partial charge in [-0.2, -0.15) is 0 Å². The van der Waals surface area contributed by atoms with E-state index in [-0.39, 0.29) is 0 Å². The average Bonchev–Trinajstić information content (AvgIpc) is 2.30. The molecule has 0 aliphatic carbocycles. The van der Waals surface area contributed by atoms with Crippen molar-refractivity contribution in [3.05, 3.63) is 59.1 Å². The van der Waals surface area contributed by atoms with Gasteiger partial charge in [0.15, 0.2) is 0 Å². The molecule has 0 nitrogen and oxygen atoms in total. The van der Waals surface area contributed by atoms with Crippen molar-refractivity contribution in [3.63, 3.8) is 0 Å². The van der Waals surface area contributed by atoms with E-state index in [9.17, 15) is 0 Å². The van der Waals surface area contributed by atoms with Gasteiger partial charge in [-0.1, -0.05) is 0 Å². The number of halogens is 1. The van der Waals surface area contributed by atoms with Crippen LogP contribution in [0, 0.1) is 0 Å². The third kappa shape index (κ3) is 3.79. The number of hydrogen-bond acceptors (Lipinski definition) is 0. The number of benzene rings is 2. The van der Waals surface area contributed by atoms with Gasteiger partial charge in [-0.25, -0.2) is 0 Å². The molecule has 0 aliphatic heterocycles. The molecule has 76 valence electrons. The molecule has 0 aromatic heterocycles. The summed E-state index contributed by atoms with van der Waals surface area (Å²) in [5.74, 6) is 0. The Morgan fingerprint density at radius 1 is 0.667 bits per heavy atom. The molecule has 0 unspecified atom stereocenters. The van der Waals surface area contributed by atoms with Crippen molar-refractivity contribution in [2.75, 3.05) is 0 Å². The van der Waals surface area contributed by atoms with Crippen molar-refractivity contribution in [1.82, 2.24) is 0 Å². The van der Waals surface area contributed by atoms with Crippen LogP contribution in [-0.2, 0) is 0 Å². The first-order valence-electron chi connectivity index (χ1n) is 4.50. The van der Waals surface area contributed by atoms with Crippen LogP contribution in [0.1, 0.15) is 0 Å². The minimum atomic E-state index is 0.606. The zero-order valence-corrected chi connectivity index (χ0v) is 12.9.